The van der Waals surface area contributed by atoms with E-state index in [0.717, 1.165) is 31.6 Å². The van der Waals surface area contributed by atoms with E-state index >= 15 is 0 Å². The van der Waals surface area contributed by atoms with E-state index in [9.17, 15) is 5.11 Å². The fraction of sp³-hybridized carbons (Fsp3) is 0.538. The fourth-order valence-corrected chi connectivity index (χ4v) is 1.90. The van der Waals surface area contributed by atoms with E-state index in [2.05, 4.69) is 30.9 Å². The number of hydrogen-bond acceptors (Lipinski definition) is 3. The number of halogens is 1. The molecule has 17 heavy (non-hydrogen) atoms. The van der Waals surface area contributed by atoms with Crippen LogP contribution in [0.5, 0.6) is 5.75 Å². The van der Waals surface area contributed by atoms with Crippen LogP contribution in [0.1, 0.15) is 12.0 Å². The van der Waals surface area contributed by atoms with Crippen LogP contribution >= 0.6 is 11.6 Å². The molecule has 0 saturated carbocycles. The zero-order valence-corrected chi connectivity index (χ0v) is 11.5. The molecule has 0 aliphatic heterocycles. The Morgan fingerprint density at radius 3 is 2.47 bits per heavy atom. The van der Waals surface area contributed by atoms with E-state index in [1.54, 1.807) is 6.07 Å². The Labute approximate surface area is 109 Å². The minimum absolute atomic E-state index is 0.144. The summed E-state index contributed by atoms with van der Waals surface area (Å²) in [5, 5.41) is 9.75. The van der Waals surface area contributed by atoms with Gasteiger partial charge in [0.2, 0.25) is 0 Å². The first-order valence-corrected chi connectivity index (χ1v) is 6.17. The van der Waals surface area contributed by atoms with Gasteiger partial charge in [-0.1, -0.05) is 17.7 Å². The number of aromatic hydroxyl groups is 1. The molecule has 0 aliphatic rings. The molecular weight excluding hydrogens is 236 g/mol. The summed E-state index contributed by atoms with van der Waals surface area (Å²) in [4.78, 5) is 4.44. The van der Waals surface area contributed by atoms with Gasteiger partial charge in [-0.15, -0.1) is 0 Å². The second-order valence-electron chi connectivity index (χ2n) is 4.68. The first-order chi connectivity index (χ1) is 7.99. The largest absolute Gasteiger partial charge is 0.506 e. The SMILES string of the molecule is CN(C)CCCN(C)Cc1ccc(O)c(Cl)c1. The smallest absolute Gasteiger partial charge is 0.134 e. The standard InChI is InChI=1S/C13H21ClN2O/c1-15(2)7-4-8-16(3)10-11-5-6-13(17)12(14)9-11/h5-6,9,17H,4,7-8,10H2,1-3H3. The van der Waals surface area contributed by atoms with E-state index in [-0.39, 0.29) is 5.75 Å². The van der Waals surface area contributed by atoms with Gasteiger partial charge in [0.05, 0.1) is 5.02 Å². The van der Waals surface area contributed by atoms with Crippen molar-refractivity contribution >= 4 is 11.6 Å². The minimum Gasteiger partial charge on any atom is -0.506 e. The average Bonchev–Trinajstić information content (AvgIpc) is 2.23. The Morgan fingerprint density at radius 2 is 1.88 bits per heavy atom. The monoisotopic (exact) mass is 256 g/mol. The van der Waals surface area contributed by atoms with Crippen molar-refractivity contribution in [3.05, 3.63) is 28.8 Å². The van der Waals surface area contributed by atoms with Gasteiger partial charge in [-0.2, -0.15) is 0 Å². The molecule has 0 amide bonds. The molecule has 96 valence electrons. The minimum atomic E-state index is 0.144. The van der Waals surface area contributed by atoms with Gasteiger partial charge >= 0.3 is 0 Å². The summed E-state index contributed by atoms with van der Waals surface area (Å²) < 4.78 is 0. The lowest BCUT2D eigenvalue weighted by Crippen LogP contribution is -2.23. The van der Waals surface area contributed by atoms with E-state index in [1.165, 1.54) is 0 Å². The van der Waals surface area contributed by atoms with E-state index < -0.39 is 0 Å². The summed E-state index contributed by atoms with van der Waals surface area (Å²) >= 11 is 5.87. The molecule has 0 heterocycles. The average molecular weight is 257 g/mol. The fourth-order valence-electron chi connectivity index (χ4n) is 1.70. The third kappa shape index (κ3) is 5.39. The highest BCUT2D eigenvalue weighted by molar-refractivity contribution is 6.32. The summed E-state index contributed by atoms with van der Waals surface area (Å²) in [6, 6.07) is 5.37. The van der Waals surface area contributed by atoms with Crippen LogP contribution in [0.15, 0.2) is 18.2 Å². The lowest BCUT2D eigenvalue weighted by atomic mass is 10.2. The molecule has 0 aliphatic carbocycles. The predicted molar refractivity (Wildman–Crippen MR) is 72.6 cm³/mol. The van der Waals surface area contributed by atoms with E-state index in [4.69, 9.17) is 11.6 Å². The summed E-state index contributed by atoms with van der Waals surface area (Å²) in [7, 11) is 6.26. The number of phenolic OH excluding ortho intramolecular Hbond substituents is 1. The topological polar surface area (TPSA) is 26.7 Å². The maximum absolute atomic E-state index is 9.33. The molecule has 0 atom stereocenters. The van der Waals surface area contributed by atoms with Crippen LogP contribution in [-0.2, 0) is 6.54 Å². The van der Waals surface area contributed by atoms with Crippen molar-refractivity contribution in [1.82, 2.24) is 9.80 Å². The van der Waals surface area contributed by atoms with Gasteiger partial charge < -0.3 is 14.9 Å². The molecule has 0 radical (unpaired) electrons. The number of benzene rings is 1. The van der Waals surface area contributed by atoms with E-state index in [0.29, 0.717) is 5.02 Å². The maximum Gasteiger partial charge on any atom is 0.134 e. The molecule has 1 N–H and O–H groups in total. The van der Waals surface area contributed by atoms with Crippen molar-refractivity contribution in [1.29, 1.82) is 0 Å². The maximum atomic E-state index is 9.33. The van der Waals surface area contributed by atoms with Gasteiger partial charge in [-0.05, 0) is 58.3 Å². The van der Waals surface area contributed by atoms with Gasteiger partial charge in [0.25, 0.3) is 0 Å². The first-order valence-electron chi connectivity index (χ1n) is 5.79. The predicted octanol–water partition coefficient (Wildman–Crippen LogP) is 2.43. The van der Waals surface area contributed by atoms with Gasteiger partial charge in [0, 0.05) is 6.54 Å². The van der Waals surface area contributed by atoms with Crippen molar-refractivity contribution in [2.75, 3.05) is 34.2 Å². The van der Waals surface area contributed by atoms with Crippen molar-refractivity contribution in [2.24, 2.45) is 0 Å². The zero-order chi connectivity index (χ0) is 12.8. The number of nitrogens with zero attached hydrogens (tertiary/aromatic N) is 2. The molecule has 0 bridgehead atoms. The Balaban J connectivity index is 2.39. The summed E-state index contributed by atoms with van der Waals surface area (Å²) in [6.07, 6.45) is 1.15. The zero-order valence-electron chi connectivity index (χ0n) is 10.8. The molecule has 1 rings (SSSR count). The van der Waals surface area contributed by atoms with Gasteiger partial charge in [0.15, 0.2) is 0 Å². The Bertz CT molecular complexity index is 355. The van der Waals surface area contributed by atoms with Crippen molar-refractivity contribution in [2.45, 2.75) is 13.0 Å². The molecule has 0 saturated heterocycles. The molecule has 4 heteroatoms. The van der Waals surface area contributed by atoms with Crippen LogP contribution in [0.3, 0.4) is 0 Å². The van der Waals surface area contributed by atoms with Crippen molar-refractivity contribution < 1.29 is 5.11 Å². The van der Waals surface area contributed by atoms with Crippen LogP contribution in [-0.4, -0.2) is 49.1 Å². The second kappa shape index (κ2) is 6.84. The highest BCUT2D eigenvalue weighted by Crippen LogP contribution is 2.24. The Kier molecular flexibility index (Phi) is 5.75. The summed E-state index contributed by atoms with van der Waals surface area (Å²) in [5.41, 5.74) is 1.13. The molecule has 0 unspecified atom stereocenters. The summed E-state index contributed by atoms with van der Waals surface area (Å²) in [5.74, 6) is 0.144. The highest BCUT2D eigenvalue weighted by Gasteiger charge is 2.03. The number of hydrogen-bond donors (Lipinski definition) is 1. The second-order valence-corrected chi connectivity index (χ2v) is 5.09. The van der Waals surface area contributed by atoms with Crippen LogP contribution < -0.4 is 0 Å². The van der Waals surface area contributed by atoms with E-state index in [1.807, 2.05) is 12.1 Å². The normalized spacial score (nSPS) is 11.4. The first kappa shape index (κ1) is 14.3. The Morgan fingerprint density at radius 1 is 1.18 bits per heavy atom. The lowest BCUT2D eigenvalue weighted by Gasteiger charge is -2.18. The van der Waals surface area contributed by atoms with Crippen molar-refractivity contribution in [3.8, 4) is 5.75 Å². The highest BCUT2D eigenvalue weighted by atomic mass is 35.5. The molecule has 0 aromatic heterocycles. The molecule has 1 aromatic carbocycles. The van der Waals surface area contributed by atoms with Crippen LogP contribution in [0.2, 0.25) is 5.02 Å². The van der Waals surface area contributed by atoms with Gasteiger partial charge in [-0.3, -0.25) is 0 Å². The third-order valence-electron chi connectivity index (χ3n) is 2.61. The van der Waals surface area contributed by atoms with Gasteiger partial charge in [-0.25, -0.2) is 0 Å². The molecule has 3 nitrogen and oxygen atoms in total. The molecule has 1 aromatic rings. The van der Waals surface area contributed by atoms with Crippen LogP contribution in [0, 0.1) is 0 Å². The van der Waals surface area contributed by atoms with Crippen LogP contribution in [0.4, 0.5) is 0 Å². The van der Waals surface area contributed by atoms with Crippen molar-refractivity contribution in [3.63, 3.8) is 0 Å². The Hall–Kier alpha value is -0.770. The summed E-state index contributed by atoms with van der Waals surface area (Å²) in [6.45, 7) is 3.00. The van der Waals surface area contributed by atoms with Gasteiger partial charge in [0.1, 0.15) is 5.75 Å². The molecule has 0 fully saturated rings. The van der Waals surface area contributed by atoms with Crippen LogP contribution in [0.25, 0.3) is 0 Å². The molecular formula is C13H21ClN2O. The number of rotatable bonds is 6. The quantitative estimate of drug-likeness (QED) is 0.847. The lowest BCUT2D eigenvalue weighted by molar-refractivity contribution is 0.294. The third-order valence-corrected chi connectivity index (χ3v) is 2.91. The number of phenols is 1. The molecule has 0 spiro atoms.